The second-order valence-corrected chi connectivity index (χ2v) is 22.4. The number of hydrogen-bond acceptors (Lipinski definition) is 17. The fourth-order valence-electron chi connectivity index (χ4n) is 8.83. The van der Waals surface area contributed by atoms with Crippen molar-refractivity contribution >= 4 is 88.9 Å². The van der Waals surface area contributed by atoms with Crippen molar-refractivity contribution in [3.63, 3.8) is 0 Å². The van der Waals surface area contributed by atoms with Crippen LogP contribution in [-0.4, -0.2) is 187 Å². The molecule has 0 aromatic carbocycles. The summed E-state index contributed by atoms with van der Waals surface area (Å²) in [7, 11) is 0. The third kappa shape index (κ3) is 36.6. The summed E-state index contributed by atoms with van der Waals surface area (Å²) in [6.45, 7) is 8.64. The predicted octanol–water partition coefficient (Wildman–Crippen LogP) is -5.03. The summed E-state index contributed by atoms with van der Waals surface area (Å²) in [6, 6.07) is -11.1. The van der Waals surface area contributed by atoms with Gasteiger partial charge in [0.05, 0.1) is 6.54 Å². The molecule has 1 unspecified atom stereocenters. The Kier molecular flexibility index (Phi) is 41.2. The average molecular weight is 1280 g/mol. The van der Waals surface area contributed by atoms with Crippen LogP contribution in [-0.2, 0) is 57.5 Å². The number of nitrogens with one attached hydrogen (secondary N) is 15. The summed E-state index contributed by atoms with van der Waals surface area (Å²) in [5, 5.41) is 72.3. The van der Waals surface area contributed by atoms with Gasteiger partial charge in [-0.25, -0.2) is 0 Å². The highest BCUT2D eigenvalue weighted by molar-refractivity contribution is 5.98. The van der Waals surface area contributed by atoms with Gasteiger partial charge in [-0.1, -0.05) is 41.0 Å². The summed E-state index contributed by atoms with van der Waals surface area (Å²) in [5.74, 6) is -13.9. The van der Waals surface area contributed by atoms with Gasteiger partial charge < -0.3 is 108 Å². The topological polar surface area (TPSA) is 617 Å². The van der Waals surface area contributed by atoms with Crippen molar-refractivity contribution in [3.05, 3.63) is 0 Å². The second kappa shape index (κ2) is 45.6. The summed E-state index contributed by atoms with van der Waals surface area (Å²) in [6.07, 6.45) is 0.903. The molecule has 0 aliphatic rings. The molecule has 10 atom stereocenters. The summed E-state index contributed by atoms with van der Waals surface area (Å²) >= 11 is 0. The zero-order valence-corrected chi connectivity index (χ0v) is 52.6. The van der Waals surface area contributed by atoms with Gasteiger partial charge in [0.2, 0.25) is 59.1 Å². The highest BCUT2D eigenvalue weighted by Crippen LogP contribution is 2.14. The number of nitrogens with two attached hydrogens (primary N) is 6. The third-order valence-corrected chi connectivity index (χ3v) is 14.1. The normalized spacial score (nSPS) is 14.3. The Morgan fingerprint density at radius 1 is 0.400 bits per heavy atom. The van der Waals surface area contributed by atoms with E-state index in [1.165, 1.54) is 0 Å². The average Bonchev–Trinajstić information content (AvgIpc) is 1.31. The van der Waals surface area contributed by atoms with Crippen LogP contribution in [0.25, 0.3) is 0 Å². The van der Waals surface area contributed by atoms with Crippen LogP contribution in [0.1, 0.15) is 150 Å². The van der Waals surface area contributed by atoms with Crippen LogP contribution in [0.3, 0.4) is 0 Å². The number of unbranched alkanes of at least 4 members (excludes halogenated alkanes) is 2. The molecule has 0 radical (unpaired) electrons. The molecule has 0 saturated carbocycles. The van der Waals surface area contributed by atoms with E-state index in [9.17, 15) is 67.7 Å². The number of aliphatic carboxylic acids is 2. The molecule has 512 valence electrons. The van der Waals surface area contributed by atoms with Crippen LogP contribution in [0.4, 0.5) is 0 Å². The number of amides is 10. The fraction of sp³-hybridized carbons (Fsp3) is 0.727. The first kappa shape index (κ1) is 81.4. The number of hydrogen-bond donors (Lipinski definition) is 23. The Morgan fingerprint density at radius 3 is 1.16 bits per heavy atom. The monoisotopic (exact) mass is 1280 g/mol. The van der Waals surface area contributed by atoms with Crippen LogP contribution in [0.15, 0.2) is 0 Å². The number of primary amides is 1. The van der Waals surface area contributed by atoms with Gasteiger partial charge in [0.15, 0.2) is 17.9 Å². The number of guanidine groups is 3. The maximum Gasteiger partial charge on any atom is 0.303 e. The number of carboxylic acid groups (broad SMARTS) is 2. The quantitative estimate of drug-likeness (QED) is 0.0154. The lowest BCUT2D eigenvalue weighted by molar-refractivity contribution is -0.139. The van der Waals surface area contributed by atoms with Crippen LogP contribution in [0, 0.1) is 34.0 Å². The zero-order valence-electron chi connectivity index (χ0n) is 52.6. The van der Waals surface area contributed by atoms with E-state index in [1.54, 1.807) is 34.6 Å². The van der Waals surface area contributed by atoms with Crippen molar-refractivity contribution in [2.24, 2.45) is 52.2 Å². The van der Waals surface area contributed by atoms with Crippen molar-refractivity contribution in [1.82, 2.24) is 63.8 Å². The second-order valence-electron chi connectivity index (χ2n) is 22.4. The predicted molar refractivity (Wildman–Crippen MR) is 333 cm³/mol. The molecule has 0 aromatic rings. The Hall–Kier alpha value is -8.63. The van der Waals surface area contributed by atoms with Gasteiger partial charge in [0, 0.05) is 38.4 Å². The van der Waals surface area contributed by atoms with Gasteiger partial charge in [-0.05, 0) is 121 Å². The maximum absolute atomic E-state index is 14.4. The van der Waals surface area contributed by atoms with Gasteiger partial charge in [-0.3, -0.25) is 73.8 Å². The van der Waals surface area contributed by atoms with E-state index < -0.39 is 169 Å². The standard InChI is InChI=1S/C55H103N21O14/c1-6-31(4)43(76-50(88)36(18-13-27-67-55(63)64)72-49(87)38(20-22-42(80)81)74-48(86)34(16-8-10-24-57)71-45(83)32(5)14-11-25-65-53(59)60)52(90)75-37(19-21-41(78)79)46(84)68-29-40(77)69-39(28-30(2)3)51(89)73-35(17-12-26-66-54(61)62)47(85)70-33(44(58)82)15-7-9-23-56/h30-39,43H,6-29,56-57H2,1-5H3,(H2,58,82)(H,68,84)(H,69,77)(H,70,85)(H,71,83)(H,72,87)(H,73,89)(H,74,86)(H,75,90)(H,76,88)(H,78,79)(H,80,81)(H4,59,60,65)(H4,61,62,66)(H4,63,64,67)/t31-,32-,33-,34-,35-,36-,37-,38-,39-,43?/m0/s1. The molecule has 90 heavy (non-hydrogen) atoms. The molecule has 0 saturated heterocycles. The summed E-state index contributed by atoms with van der Waals surface area (Å²) in [4.78, 5) is 161. The van der Waals surface area contributed by atoms with Gasteiger partial charge in [0.1, 0.15) is 48.3 Å². The smallest absolute Gasteiger partial charge is 0.303 e. The Morgan fingerprint density at radius 2 is 0.756 bits per heavy atom. The van der Waals surface area contributed by atoms with Crippen molar-refractivity contribution in [3.8, 4) is 0 Å². The first-order valence-corrected chi connectivity index (χ1v) is 30.4. The van der Waals surface area contributed by atoms with Gasteiger partial charge in [-0.15, -0.1) is 0 Å². The van der Waals surface area contributed by atoms with Crippen LogP contribution < -0.4 is 98.2 Å². The number of carboxylic acids is 2. The molecule has 0 heterocycles. The molecule has 35 nitrogen and oxygen atoms in total. The molecular formula is C55H103N21O14. The van der Waals surface area contributed by atoms with Crippen molar-refractivity contribution < 1.29 is 67.7 Å². The van der Waals surface area contributed by atoms with E-state index in [-0.39, 0.29) is 88.8 Å². The molecule has 0 fully saturated rings. The summed E-state index contributed by atoms with van der Waals surface area (Å²) < 4.78 is 0. The third-order valence-electron chi connectivity index (χ3n) is 14.1. The Balaban J connectivity index is 6.80. The lowest BCUT2D eigenvalue weighted by atomic mass is 9.96. The van der Waals surface area contributed by atoms with Crippen molar-refractivity contribution in [2.45, 2.75) is 199 Å². The minimum atomic E-state index is -1.65. The molecule has 0 aliphatic carbocycles. The van der Waals surface area contributed by atoms with Crippen LogP contribution in [0.2, 0.25) is 0 Å². The van der Waals surface area contributed by atoms with E-state index in [1.807, 2.05) is 0 Å². The molecule has 0 spiro atoms. The van der Waals surface area contributed by atoms with E-state index in [4.69, 9.17) is 50.6 Å². The highest BCUT2D eigenvalue weighted by Gasteiger charge is 2.36. The molecule has 10 amide bonds. The summed E-state index contributed by atoms with van der Waals surface area (Å²) in [5.41, 5.74) is 33.0. The van der Waals surface area contributed by atoms with E-state index in [0.29, 0.717) is 51.6 Å². The zero-order chi connectivity index (χ0) is 68.5. The molecule has 0 rings (SSSR count). The molecule has 0 aromatic heterocycles. The first-order valence-electron chi connectivity index (χ1n) is 30.4. The molecule has 0 aliphatic heterocycles. The molecule has 0 bridgehead atoms. The molecule has 35 heteroatoms. The van der Waals surface area contributed by atoms with Crippen LogP contribution >= 0.6 is 0 Å². The fourth-order valence-corrected chi connectivity index (χ4v) is 8.83. The minimum absolute atomic E-state index is 0.0150. The van der Waals surface area contributed by atoms with Gasteiger partial charge in [-0.2, -0.15) is 0 Å². The van der Waals surface area contributed by atoms with Crippen molar-refractivity contribution in [2.75, 3.05) is 39.3 Å². The van der Waals surface area contributed by atoms with Gasteiger partial charge in [0.25, 0.3) is 0 Å². The lowest BCUT2D eigenvalue weighted by Gasteiger charge is -2.29. The lowest BCUT2D eigenvalue weighted by Crippen LogP contribution is -2.60. The number of carbonyl (C=O) groups excluding carboxylic acids is 10. The minimum Gasteiger partial charge on any atom is -0.481 e. The maximum atomic E-state index is 14.4. The Bertz CT molecular complexity index is 2380. The van der Waals surface area contributed by atoms with E-state index in [0.717, 1.165) is 0 Å². The van der Waals surface area contributed by atoms with Gasteiger partial charge >= 0.3 is 11.9 Å². The number of rotatable bonds is 49. The highest BCUT2D eigenvalue weighted by atomic mass is 16.4. The SMILES string of the molecule is CC[C@H](C)C(NC(=O)[C@H](CCCNC(=N)N)NC(=O)[C@H](CCC(=O)O)NC(=O)[C@H](CCCCN)NC(=O)[C@@H](C)CCCNC(=N)N)C(=O)N[C@@H](CCC(=O)O)C(=O)NCC(=O)N[C@@H](CC(C)C)C(=O)N[C@@H](CCCNC(=N)N)C(=O)N[C@@H](CCCCN)C(N)=O. The van der Waals surface area contributed by atoms with Crippen LogP contribution in [0.5, 0.6) is 0 Å². The van der Waals surface area contributed by atoms with E-state index >= 15 is 0 Å². The Labute approximate surface area is 525 Å². The first-order chi connectivity index (χ1) is 42.4. The van der Waals surface area contributed by atoms with Crippen molar-refractivity contribution in [1.29, 1.82) is 16.2 Å². The largest absolute Gasteiger partial charge is 0.481 e. The number of carbonyl (C=O) groups is 12. The van der Waals surface area contributed by atoms with E-state index in [2.05, 4.69) is 63.8 Å². The molecule has 29 N–H and O–H groups in total. The molecular weight excluding hydrogens is 1180 g/mol.